The first-order valence-electron chi connectivity index (χ1n) is 10.9. The smallest absolute Gasteiger partial charge is 0.232 e. The Morgan fingerprint density at radius 3 is 2.42 bits per heavy atom. The van der Waals surface area contributed by atoms with Crippen molar-refractivity contribution in [2.75, 3.05) is 31.1 Å². The van der Waals surface area contributed by atoms with Crippen LogP contribution in [-0.2, 0) is 9.59 Å². The molecule has 1 aliphatic rings. The molecule has 2 amide bonds. The summed E-state index contributed by atoms with van der Waals surface area (Å²) >= 11 is 1.57. The van der Waals surface area contributed by atoms with E-state index in [9.17, 15) is 9.59 Å². The summed E-state index contributed by atoms with van der Waals surface area (Å²) in [5, 5.41) is 1.99. The molecular formula is C26H28N2O4S. The molecule has 2 unspecified atom stereocenters. The Hall–Kier alpha value is -3.32. The number of hydrogen-bond donors (Lipinski definition) is 0. The molecule has 1 saturated heterocycles. The first-order valence-corrected chi connectivity index (χ1v) is 11.7. The van der Waals surface area contributed by atoms with Gasteiger partial charge in [-0.25, -0.2) is 0 Å². The van der Waals surface area contributed by atoms with Gasteiger partial charge in [0.05, 0.1) is 26.2 Å². The highest BCUT2D eigenvalue weighted by Gasteiger charge is 2.43. The summed E-state index contributed by atoms with van der Waals surface area (Å²) in [4.78, 5) is 31.4. The highest BCUT2D eigenvalue weighted by atomic mass is 32.1. The van der Waals surface area contributed by atoms with Crippen LogP contribution in [0.3, 0.4) is 0 Å². The zero-order valence-electron chi connectivity index (χ0n) is 19.3. The standard InChI is InChI=1S/C26H28N2O4S/c1-17-7-9-18(10-8-17)28-24(29)14-12-20(25(28)23-6-5-15-33-23)26(30)27(2)19-11-13-21(31-3)22(16-19)32-4/h5-11,13,15-16,20,25H,12,14H2,1-4H3. The van der Waals surface area contributed by atoms with Crippen LogP contribution in [-0.4, -0.2) is 33.1 Å². The molecule has 0 radical (unpaired) electrons. The molecule has 2 aromatic carbocycles. The van der Waals surface area contributed by atoms with Gasteiger partial charge in [-0.05, 0) is 49.1 Å². The first kappa shape index (κ1) is 22.9. The summed E-state index contributed by atoms with van der Waals surface area (Å²) in [6.07, 6.45) is 0.826. The van der Waals surface area contributed by atoms with Gasteiger partial charge >= 0.3 is 0 Å². The summed E-state index contributed by atoms with van der Waals surface area (Å²) in [7, 11) is 4.92. The predicted octanol–water partition coefficient (Wildman–Crippen LogP) is 5.22. The van der Waals surface area contributed by atoms with Crippen molar-refractivity contribution in [1.29, 1.82) is 0 Å². The normalized spacial score (nSPS) is 18.2. The third kappa shape index (κ3) is 4.46. The van der Waals surface area contributed by atoms with Gasteiger partial charge in [0.2, 0.25) is 11.8 Å². The number of benzene rings is 2. The lowest BCUT2D eigenvalue weighted by atomic mass is 9.85. The minimum Gasteiger partial charge on any atom is -0.493 e. The maximum Gasteiger partial charge on any atom is 0.232 e. The average molecular weight is 465 g/mol. The zero-order valence-corrected chi connectivity index (χ0v) is 20.1. The third-order valence-electron chi connectivity index (χ3n) is 6.15. The van der Waals surface area contributed by atoms with Crippen LogP contribution in [0.4, 0.5) is 11.4 Å². The van der Waals surface area contributed by atoms with E-state index in [1.165, 1.54) is 0 Å². The largest absolute Gasteiger partial charge is 0.493 e. The number of nitrogens with zero attached hydrogens (tertiary/aromatic N) is 2. The number of thiophene rings is 1. The molecule has 6 nitrogen and oxygen atoms in total. The molecular weight excluding hydrogens is 436 g/mol. The fraction of sp³-hybridized carbons (Fsp3) is 0.308. The monoisotopic (exact) mass is 464 g/mol. The molecule has 0 spiro atoms. The Morgan fingerprint density at radius 1 is 1.06 bits per heavy atom. The summed E-state index contributed by atoms with van der Waals surface area (Å²) in [6.45, 7) is 2.02. The van der Waals surface area contributed by atoms with Gasteiger partial charge in [-0.15, -0.1) is 11.3 Å². The molecule has 2 heterocycles. The topological polar surface area (TPSA) is 59.1 Å². The van der Waals surface area contributed by atoms with Crippen LogP contribution in [0.1, 0.15) is 29.3 Å². The van der Waals surface area contributed by atoms with Crippen molar-refractivity contribution >= 4 is 34.5 Å². The molecule has 1 aromatic heterocycles. The van der Waals surface area contributed by atoms with E-state index in [2.05, 4.69) is 0 Å². The molecule has 1 aliphatic heterocycles. The lowest BCUT2D eigenvalue weighted by Crippen LogP contribution is -2.48. The Morgan fingerprint density at radius 2 is 1.79 bits per heavy atom. The second kappa shape index (κ2) is 9.67. The van der Waals surface area contributed by atoms with E-state index in [4.69, 9.17) is 9.47 Å². The van der Waals surface area contributed by atoms with Gasteiger partial charge in [0.1, 0.15) is 0 Å². The summed E-state index contributed by atoms with van der Waals surface area (Å²) in [5.41, 5.74) is 2.65. The number of rotatable bonds is 6. The van der Waals surface area contributed by atoms with E-state index in [0.717, 1.165) is 16.1 Å². The van der Waals surface area contributed by atoms with Gasteiger partial charge in [0.25, 0.3) is 0 Å². The minimum absolute atomic E-state index is 0.0368. The highest BCUT2D eigenvalue weighted by Crippen LogP contribution is 2.43. The Labute approximate surface area is 198 Å². The van der Waals surface area contributed by atoms with Crippen molar-refractivity contribution < 1.29 is 19.1 Å². The Bertz CT molecular complexity index is 1130. The number of aryl methyl sites for hydroxylation is 1. The van der Waals surface area contributed by atoms with Gasteiger partial charge in [-0.2, -0.15) is 0 Å². The number of amides is 2. The molecule has 4 rings (SSSR count). The second-order valence-electron chi connectivity index (χ2n) is 8.14. The quantitative estimate of drug-likeness (QED) is 0.502. The van der Waals surface area contributed by atoms with E-state index in [-0.39, 0.29) is 23.8 Å². The van der Waals surface area contributed by atoms with Crippen LogP contribution >= 0.6 is 11.3 Å². The van der Waals surface area contributed by atoms with Crippen molar-refractivity contribution in [1.82, 2.24) is 0 Å². The molecule has 2 atom stereocenters. The third-order valence-corrected chi connectivity index (χ3v) is 7.09. The second-order valence-corrected chi connectivity index (χ2v) is 9.12. The van der Waals surface area contributed by atoms with Crippen LogP contribution in [0.25, 0.3) is 0 Å². The van der Waals surface area contributed by atoms with Crippen molar-refractivity contribution in [3.05, 3.63) is 70.4 Å². The summed E-state index contributed by atoms with van der Waals surface area (Å²) in [5.74, 6) is 0.790. The van der Waals surface area contributed by atoms with Crippen LogP contribution in [0, 0.1) is 12.8 Å². The minimum atomic E-state index is -0.374. The van der Waals surface area contributed by atoms with Gasteiger partial charge in [0.15, 0.2) is 11.5 Å². The number of piperidine rings is 1. The number of ether oxygens (including phenoxy) is 2. The van der Waals surface area contributed by atoms with Crippen molar-refractivity contribution in [2.45, 2.75) is 25.8 Å². The lowest BCUT2D eigenvalue weighted by Gasteiger charge is -2.41. The van der Waals surface area contributed by atoms with Crippen molar-refractivity contribution in [3.63, 3.8) is 0 Å². The van der Waals surface area contributed by atoms with E-state index >= 15 is 0 Å². The number of hydrogen-bond acceptors (Lipinski definition) is 5. The maximum atomic E-state index is 13.8. The lowest BCUT2D eigenvalue weighted by molar-refractivity contribution is -0.127. The van der Waals surface area contributed by atoms with Gasteiger partial charge in [0, 0.05) is 35.8 Å². The van der Waals surface area contributed by atoms with Gasteiger partial charge in [-0.3, -0.25) is 9.59 Å². The number of carbonyl (C=O) groups is 2. The predicted molar refractivity (Wildman–Crippen MR) is 131 cm³/mol. The van der Waals surface area contributed by atoms with Crippen LogP contribution in [0.5, 0.6) is 11.5 Å². The van der Waals surface area contributed by atoms with E-state index in [1.807, 2.05) is 54.8 Å². The SMILES string of the molecule is COc1ccc(N(C)C(=O)C2CCC(=O)N(c3ccc(C)cc3)C2c2cccs2)cc1OC. The average Bonchev–Trinajstić information content (AvgIpc) is 3.38. The molecule has 172 valence electrons. The number of methoxy groups -OCH3 is 2. The molecule has 0 N–H and O–H groups in total. The molecule has 33 heavy (non-hydrogen) atoms. The maximum absolute atomic E-state index is 13.8. The fourth-order valence-corrected chi connectivity index (χ4v) is 5.24. The van der Waals surface area contributed by atoms with E-state index in [0.29, 0.717) is 30.0 Å². The van der Waals surface area contributed by atoms with Crippen LogP contribution in [0.2, 0.25) is 0 Å². The van der Waals surface area contributed by atoms with Crippen molar-refractivity contribution in [2.24, 2.45) is 5.92 Å². The Balaban J connectivity index is 1.71. The zero-order chi connectivity index (χ0) is 23.5. The molecule has 0 aliphatic carbocycles. The first-order chi connectivity index (χ1) is 15.9. The summed E-state index contributed by atoms with van der Waals surface area (Å²) < 4.78 is 10.7. The van der Waals surface area contributed by atoms with Crippen LogP contribution < -0.4 is 19.3 Å². The fourth-order valence-electron chi connectivity index (χ4n) is 4.36. The van der Waals surface area contributed by atoms with Gasteiger partial charge < -0.3 is 19.3 Å². The molecule has 0 bridgehead atoms. The number of carbonyl (C=O) groups excluding carboxylic acids is 2. The summed E-state index contributed by atoms with van der Waals surface area (Å²) in [6, 6.07) is 16.9. The highest BCUT2D eigenvalue weighted by molar-refractivity contribution is 7.10. The molecule has 0 saturated carbocycles. The van der Waals surface area contributed by atoms with E-state index < -0.39 is 0 Å². The van der Waals surface area contributed by atoms with Crippen LogP contribution in [0.15, 0.2) is 60.0 Å². The number of anilines is 2. The van der Waals surface area contributed by atoms with Gasteiger partial charge in [-0.1, -0.05) is 23.8 Å². The van der Waals surface area contributed by atoms with E-state index in [1.54, 1.807) is 54.5 Å². The molecule has 3 aromatic rings. The molecule has 1 fully saturated rings. The molecule has 7 heteroatoms. The van der Waals surface area contributed by atoms with Crippen molar-refractivity contribution in [3.8, 4) is 11.5 Å². The Kier molecular flexibility index (Phi) is 6.70.